The molecule has 1 aromatic rings. The number of amides is 1. The number of carbonyl (C=O) groups is 1. The molecular weight excluding hydrogens is 292 g/mol. The van der Waals surface area contributed by atoms with E-state index in [4.69, 9.17) is 9.88 Å². The third-order valence-corrected chi connectivity index (χ3v) is 4.87. The molecule has 1 aliphatic carbocycles. The third-order valence-electron chi connectivity index (χ3n) is 3.96. The number of hydrogen-bond donors (Lipinski definition) is 2. The molecule has 3 rings (SSSR count). The average molecular weight is 310 g/mol. The molecule has 114 valence electrons. The van der Waals surface area contributed by atoms with Gasteiger partial charge in [-0.15, -0.1) is 0 Å². The van der Waals surface area contributed by atoms with Gasteiger partial charge in [0.05, 0.1) is 17.0 Å². The smallest absolute Gasteiger partial charge is 0.251 e. The summed E-state index contributed by atoms with van der Waals surface area (Å²) in [5.41, 5.74) is 0.294. The van der Waals surface area contributed by atoms with Crippen LogP contribution >= 0.6 is 0 Å². The molecule has 1 heterocycles. The van der Waals surface area contributed by atoms with Crippen LogP contribution in [0.4, 0.5) is 0 Å². The summed E-state index contributed by atoms with van der Waals surface area (Å²) >= 11 is 0. The maximum absolute atomic E-state index is 12.3. The van der Waals surface area contributed by atoms with Crippen molar-refractivity contribution >= 4 is 15.9 Å². The second-order valence-corrected chi connectivity index (χ2v) is 7.18. The van der Waals surface area contributed by atoms with Crippen LogP contribution in [0, 0.1) is 5.92 Å². The fourth-order valence-electron chi connectivity index (χ4n) is 2.72. The van der Waals surface area contributed by atoms with Crippen LogP contribution < -0.4 is 10.5 Å². The van der Waals surface area contributed by atoms with Crippen LogP contribution in [0.5, 0.6) is 0 Å². The van der Waals surface area contributed by atoms with E-state index in [1.54, 1.807) is 6.07 Å². The van der Waals surface area contributed by atoms with Gasteiger partial charge < -0.3 is 10.1 Å². The molecule has 1 aliphatic heterocycles. The number of rotatable bonds is 4. The molecule has 6 nitrogen and oxygen atoms in total. The van der Waals surface area contributed by atoms with Gasteiger partial charge in [-0.2, -0.15) is 0 Å². The molecule has 1 aromatic carbocycles. The van der Waals surface area contributed by atoms with Crippen LogP contribution in [-0.4, -0.2) is 33.1 Å². The molecule has 0 aromatic heterocycles. The lowest BCUT2D eigenvalue weighted by Crippen LogP contribution is -2.41. The molecule has 0 radical (unpaired) electrons. The van der Waals surface area contributed by atoms with Gasteiger partial charge in [0.2, 0.25) is 10.0 Å². The van der Waals surface area contributed by atoms with E-state index in [9.17, 15) is 13.2 Å². The van der Waals surface area contributed by atoms with Crippen molar-refractivity contribution in [2.75, 3.05) is 6.61 Å². The zero-order valence-corrected chi connectivity index (χ0v) is 12.3. The topological polar surface area (TPSA) is 98.5 Å². The highest BCUT2D eigenvalue weighted by atomic mass is 32.2. The first-order valence-electron chi connectivity index (χ1n) is 7.00. The lowest BCUT2D eigenvalue weighted by atomic mass is 10.1. The van der Waals surface area contributed by atoms with Crippen molar-refractivity contribution in [1.82, 2.24) is 5.32 Å². The van der Waals surface area contributed by atoms with Gasteiger partial charge in [-0.05, 0) is 43.4 Å². The van der Waals surface area contributed by atoms with E-state index in [0.29, 0.717) is 18.1 Å². The molecule has 1 saturated carbocycles. The molecule has 2 unspecified atom stereocenters. The Morgan fingerprint density at radius 2 is 2.05 bits per heavy atom. The molecule has 2 aliphatic rings. The molecule has 2 fully saturated rings. The molecular formula is C14H18N2O4S. The van der Waals surface area contributed by atoms with Crippen LogP contribution in [0.15, 0.2) is 29.2 Å². The fourth-order valence-corrected chi connectivity index (χ4v) is 3.28. The van der Waals surface area contributed by atoms with Gasteiger partial charge in [0, 0.05) is 12.2 Å². The summed E-state index contributed by atoms with van der Waals surface area (Å²) in [5, 5.41) is 8.03. The minimum absolute atomic E-state index is 0.00291. The normalized spacial score (nSPS) is 25.8. The highest BCUT2D eigenvalue weighted by Crippen LogP contribution is 2.38. The number of nitrogens with one attached hydrogen (secondary N) is 1. The van der Waals surface area contributed by atoms with E-state index >= 15 is 0 Å². The van der Waals surface area contributed by atoms with Crippen molar-refractivity contribution in [1.29, 1.82) is 0 Å². The summed E-state index contributed by atoms with van der Waals surface area (Å²) in [7, 11) is -3.80. The van der Waals surface area contributed by atoms with Crippen LogP contribution in [0.1, 0.15) is 29.6 Å². The predicted molar refractivity (Wildman–Crippen MR) is 76.2 cm³/mol. The van der Waals surface area contributed by atoms with Gasteiger partial charge in [-0.3, -0.25) is 4.79 Å². The molecule has 21 heavy (non-hydrogen) atoms. The van der Waals surface area contributed by atoms with E-state index in [1.807, 2.05) is 0 Å². The Labute approximate surface area is 123 Å². The monoisotopic (exact) mass is 310 g/mol. The zero-order chi connectivity index (χ0) is 15.0. The molecule has 1 amide bonds. The van der Waals surface area contributed by atoms with E-state index in [0.717, 1.165) is 19.3 Å². The van der Waals surface area contributed by atoms with E-state index in [-0.39, 0.29) is 22.9 Å². The van der Waals surface area contributed by atoms with Gasteiger partial charge in [0.1, 0.15) is 0 Å². The maximum Gasteiger partial charge on any atom is 0.251 e. The van der Waals surface area contributed by atoms with Crippen molar-refractivity contribution in [2.45, 2.75) is 36.3 Å². The number of ether oxygens (including phenoxy) is 1. The first-order valence-corrected chi connectivity index (χ1v) is 8.55. The van der Waals surface area contributed by atoms with Crippen molar-refractivity contribution < 1.29 is 17.9 Å². The average Bonchev–Trinajstić information content (AvgIpc) is 3.18. The summed E-state index contributed by atoms with van der Waals surface area (Å²) in [6, 6.07) is 5.76. The summed E-state index contributed by atoms with van der Waals surface area (Å²) in [5.74, 6) is 0.259. The van der Waals surface area contributed by atoms with E-state index in [2.05, 4.69) is 5.32 Å². The predicted octanol–water partition coefficient (Wildman–Crippen LogP) is 0.631. The van der Waals surface area contributed by atoms with Crippen molar-refractivity contribution in [2.24, 2.45) is 11.1 Å². The molecule has 3 N–H and O–H groups in total. The Kier molecular flexibility index (Phi) is 3.73. The third kappa shape index (κ3) is 3.25. The number of nitrogens with two attached hydrogens (primary N) is 1. The highest BCUT2D eigenvalue weighted by molar-refractivity contribution is 7.89. The van der Waals surface area contributed by atoms with Gasteiger partial charge in [0.25, 0.3) is 5.91 Å². The number of carbonyl (C=O) groups excluding carboxylic acids is 1. The number of sulfonamides is 1. The Hall–Kier alpha value is -1.44. The van der Waals surface area contributed by atoms with Crippen LogP contribution in [0.2, 0.25) is 0 Å². The Morgan fingerprint density at radius 3 is 2.71 bits per heavy atom. The highest BCUT2D eigenvalue weighted by Gasteiger charge is 2.41. The first kappa shape index (κ1) is 14.5. The van der Waals surface area contributed by atoms with Crippen LogP contribution in [-0.2, 0) is 14.8 Å². The summed E-state index contributed by atoms with van der Waals surface area (Å²) in [6.45, 7) is 0.656. The largest absolute Gasteiger partial charge is 0.376 e. The van der Waals surface area contributed by atoms with Crippen LogP contribution in [0.25, 0.3) is 0 Å². The Bertz CT molecular complexity index is 655. The molecule has 0 spiro atoms. The fraction of sp³-hybridized carbons (Fsp3) is 0.500. The summed E-state index contributed by atoms with van der Waals surface area (Å²) in [6.07, 6.45) is 3.19. The van der Waals surface area contributed by atoms with Crippen molar-refractivity contribution in [3.8, 4) is 0 Å². The van der Waals surface area contributed by atoms with E-state index < -0.39 is 10.0 Å². The second kappa shape index (κ2) is 5.40. The molecule has 1 saturated heterocycles. The lowest BCUT2D eigenvalue weighted by Gasteiger charge is -2.19. The molecule has 7 heteroatoms. The van der Waals surface area contributed by atoms with Gasteiger partial charge in [0.15, 0.2) is 0 Å². The van der Waals surface area contributed by atoms with E-state index in [1.165, 1.54) is 18.2 Å². The van der Waals surface area contributed by atoms with Crippen molar-refractivity contribution in [3.05, 3.63) is 29.8 Å². The maximum atomic E-state index is 12.3. The quantitative estimate of drug-likeness (QED) is 0.852. The van der Waals surface area contributed by atoms with Crippen molar-refractivity contribution in [3.63, 3.8) is 0 Å². The molecule has 0 bridgehead atoms. The minimum Gasteiger partial charge on any atom is -0.376 e. The van der Waals surface area contributed by atoms with Crippen LogP contribution in [0.3, 0.4) is 0 Å². The molecule has 2 atom stereocenters. The zero-order valence-electron chi connectivity index (χ0n) is 11.5. The van der Waals surface area contributed by atoms with Gasteiger partial charge in [-0.1, -0.05) is 6.07 Å². The minimum atomic E-state index is -3.80. The number of hydrogen-bond acceptors (Lipinski definition) is 4. The second-order valence-electron chi connectivity index (χ2n) is 5.61. The van der Waals surface area contributed by atoms with Gasteiger partial charge >= 0.3 is 0 Å². The Morgan fingerprint density at radius 1 is 1.29 bits per heavy atom. The first-order chi connectivity index (χ1) is 9.95. The number of primary sulfonamides is 1. The summed E-state index contributed by atoms with van der Waals surface area (Å²) < 4.78 is 28.3. The lowest BCUT2D eigenvalue weighted by molar-refractivity contribution is 0.0729. The number of benzene rings is 1. The standard InChI is InChI=1S/C14H18N2O4S/c15-21(18,19)11-3-1-2-10(8-11)14(17)16-12-6-7-20-13(12)9-4-5-9/h1-3,8-9,12-13H,4-7H2,(H,16,17)(H2,15,18,19). The summed E-state index contributed by atoms with van der Waals surface area (Å²) in [4.78, 5) is 12.2. The Balaban J connectivity index is 1.73. The van der Waals surface area contributed by atoms with Gasteiger partial charge in [-0.25, -0.2) is 13.6 Å². The SMILES string of the molecule is NS(=O)(=O)c1cccc(C(=O)NC2CCOC2C2CC2)c1.